The van der Waals surface area contributed by atoms with Gasteiger partial charge in [0.15, 0.2) is 0 Å². The second-order valence-electron chi connectivity index (χ2n) is 4.40. The number of hydrogen-bond donors (Lipinski definition) is 2. The summed E-state index contributed by atoms with van der Waals surface area (Å²) in [5, 5.41) is 3.49. The van der Waals surface area contributed by atoms with Crippen LogP contribution < -0.4 is 11.1 Å². The van der Waals surface area contributed by atoms with Gasteiger partial charge < -0.3 is 10.5 Å². The summed E-state index contributed by atoms with van der Waals surface area (Å²) in [7, 11) is 1.75. The van der Waals surface area contributed by atoms with Crippen LogP contribution in [0.1, 0.15) is 32.6 Å². The van der Waals surface area contributed by atoms with Crippen molar-refractivity contribution >= 4 is 0 Å². The third kappa shape index (κ3) is 2.94. The number of hydrogen-bond acceptors (Lipinski definition) is 3. The molecule has 86 valence electrons. The Morgan fingerprint density at radius 3 is 2.73 bits per heavy atom. The van der Waals surface area contributed by atoms with Gasteiger partial charge >= 0.3 is 0 Å². The fraction of sp³-hybridized carbons (Fsp3) is 0.833. The molecule has 3 heteroatoms. The van der Waals surface area contributed by atoms with Crippen molar-refractivity contribution in [2.24, 2.45) is 5.73 Å². The van der Waals surface area contributed by atoms with Crippen LogP contribution in [0.25, 0.3) is 0 Å². The average Bonchev–Trinajstić information content (AvgIpc) is 2.21. The molecular formula is C12H22N2O. The highest BCUT2D eigenvalue weighted by Gasteiger charge is 2.44. The molecule has 1 fully saturated rings. The van der Waals surface area contributed by atoms with E-state index in [1.165, 1.54) is 0 Å². The molecule has 1 atom stereocenters. The Morgan fingerprint density at radius 1 is 1.67 bits per heavy atom. The number of methoxy groups -OCH3 is 1. The summed E-state index contributed by atoms with van der Waals surface area (Å²) in [5.41, 5.74) is 5.82. The van der Waals surface area contributed by atoms with Gasteiger partial charge in [0.25, 0.3) is 0 Å². The summed E-state index contributed by atoms with van der Waals surface area (Å²) < 4.78 is 5.27. The van der Waals surface area contributed by atoms with Gasteiger partial charge in [-0.05, 0) is 19.3 Å². The van der Waals surface area contributed by atoms with Gasteiger partial charge in [-0.1, -0.05) is 19.3 Å². The number of terminal acetylenes is 1. The number of nitrogens with one attached hydrogen (secondary N) is 1. The van der Waals surface area contributed by atoms with E-state index in [9.17, 15) is 0 Å². The standard InChI is InChI=1S/C12H22N2O/c1-4-6-10(5-2)14-12(9-13)7-11(8-12)15-3/h2,10-11,14H,4,6-9,13H2,1,3H3. The molecule has 0 saturated heterocycles. The first-order valence-electron chi connectivity index (χ1n) is 5.66. The van der Waals surface area contributed by atoms with Crippen LogP contribution in [0.3, 0.4) is 0 Å². The largest absolute Gasteiger partial charge is 0.381 e. The highest BCUT2D eigenvalue weighted by atomic mass is 16.5. The highest BCUT2D eigenvalue weighted by Crippen LogP contribution is 2.34. The summed E-state index contributed by atoms with van der Waals surface area (Å²) >= 11 is 0. The number of ether oxygens (including phenoxy) is 1. The molecule has 1 aliphatic rings. The molecule has 1 saturated carbocycles. The molecular weight excluding hydrogens is 188 g/mol. The minimum absolute atomic E-state index is 0.0207. The molecule has 0 bridgehead atoms. The maximum atomic E-state index is 5.80. The van der Waals surface area contributed by atoms with Crippen molar-refractivity contribution in [3.05, 3.63) is 0 Å². The van der Waals surface area contributed by atoms with E-state index < -0.39 is 0 Å². The van der Waals surface area contributed by atoms with Gasteiger partial charge in [0.05, 0.1) is 12.1 Å². The zero-order valence-electron chi connectivity index (χ0n) is 9.75. The van der Waals surface area contributed by atoms with E-state index in [-0.39, 0.29) is 11.6 Å². The molecule has 0 heterocycles. The average molecular weight is 210 g/mol. The molecule has 1 rings (SSSR count). The summed E-state index contributed by atoms with van der Waals surface area (Å²) in [4.78, 5) is 0. The molecule has 3 nitrogen and oxygen atoms in total. The Hall–Kier alpha value is -0.560. The van der Waals surface area contributed by atoms with E-state index in [0.29, 0.717) is 12.6 Å². The fourth-order valence-corrected chi connectivity index (χ4v) is 2.18. The molecule has 0 amide bonds. The lowest BCUT2D eigenvalue weighted by Crippen LogP contribution is -2.64. The molecule has 15 heavy (non-hydrogen) atoms. The monoisotopic (exact) mass is 210 g/mol. The van der Waals surface area contributed by atoms with Gasteiger partial charge in [-0.15, -0.1) is 6.42 Å². The van der Waals surface area contributed by atoms with Crippen molar-refractivity contribution in [2.75, 3.05) is 13.7 Å². The van der Waals surface area contributed by atoms with Crippen molar-refractivity contribution in [3.8, 4) is 12.3 Å². The predicted molar refractivity (Wildman–Crippen MR) is 62.5 cm³/mol. The molecule has 0 spiro atoms. The molecule has 0 aromatic heterocycles. The van der Waals surface area contributed by atoms with E-state index in [0.717, 1.165) is 25.7 Å². The van der Waals surface area contributed by atoms with Crippen LogP contribution >= 0.6 is 0 Å². The fourth-order valence-electron chi connectivity index (χ4n) is 2.18. The van der Waals surface area contributed by atoms with Crippen molar-refractivity contribution in [1.82, 2.24) is 5.32 Å². The van der Waals surface area contributed by atoms with Crippen LogP contribution in [0.2, 0.25) is 0 Å². The molecule has 0 aromatic rings. The van der Waals surface area contributed by atoms with E-state index in [1.807, 2.05) is 0 Å². The molecule has 3 N–H and O–H groups in total. The quantitative estimate of drug-likeness (QED) is 0.640. The Balaban J connectivity index is 2.44. The summed E-state index contributed by atoms with van der Waals surface area (Å²) in [6.07, 6.45) is 9.88. The topological polar surface area (TPSA) is 47.3 Å². The SMILES string of the molecule is C#CC(CCC)NC1(CN)CC(OC)C1. The van der Waals surface area contributed by atoms with Gasteiger partial charge in [-0.25, -0.2) is 0 Å². The third-order valence-corrected chi connectivity index (χ3v) is 3.22. The van der Waals surface area contributed by atoms with E-state index in [2.05, 4.69) is 18.2 Å². The highest BCUT2D eigenvalue weighted by molar-refractivity contribution is 5.09. The van der Waals surface area contributed by atoms with E-state index in [4.69, 9.17) is 16.9 Å². The zero-order chi connectivity index (χ0) is 11.3. The van der Waals surface area contributed by atoms with Crippen LogP contribution in [0, 0.1) is 12.3 Å². The van der Waals surface area contributed by atoms with Gasteiger partial charge in [0.2, 0.25) is 0 Å². The van der Waals surface area contributed by atoms with Crippen LogP contribution in [0.4, 0.5) is 0 Å². The van der Waals surface area contributed by atoms with Crippen LogP contribution in [0.15, 0.2) is 0 Å². The van der Waals surface area contributed by atoms with E-state index in [1.54, 1.807) is 7.11 Å². The predicted octanol–water partition coefficient (Wildman–Crippen LogP) is 0.884. The van der Waals surface area contributed by atoms with Gasteiger partial charge in [-0.3, -0.25) is 5.32 Å². The first-order chi connectivity index (χ1) is 7.19. The molecule has 1 aliphatic carbocycles. The molecule has 0 aliphatic heterocycles. The zero-order valence-corrected chi connectivity index (χ0v) is 9.75. The van der Waals surface area contributed by atoms with Gasteiger partial charge in [-0.2, -0.15) is 0 Å². The van der Waals surface area contributed by atoms with Gasteiger partial charge in [0, 0.05) is 19.2 Å². The van der Waals surface area contributed by atoms with Crippen molar-refractivity contribution in [1.29, 1.82) is 0 Å². The maximum Gasteiger partial charge on any atom is 0.0691 e. The van der Waals surface area contributed by atoms with Crippen LogP contribution in [-0.4, -0.2) is 31.3 Å². The van der Waals surface area contributed by atoms with Crippen LogP contribution in [0.5, 0.6) is 0 Å². The maximum absolute atomic E-state index is 5.80. The second-order valence-corrected chi connectivity index (χ2v) is 4.40. The first-order valence-corrected chi connectivity index (χ1v) is 5.66. The molecule has 0 radical (unpaired) electrons. The minimum Gasteiger partial charge on any atom is -0.381 e. The molecule has 1 unspecified atom stereocenters. The first kappa shape index (κ1) is 12.5. The lowest BCUT2D eigenvalue weighted by Gasteiger charge is -2.48. The number of rotatable bonds is 6. The van der Waals surface area contributed by atoms with Crippen LogP contribution in [-0.2, 0) is 4.74 Å². The Labute approximate surface area is 92.8 Å². The Bertz CT molecular complexity index is 228. The van der Waals surface area contributed by atoms with Crippen molar-refractivity contribution < 1.29 is 4.74 Å². The smallest absolute Gasteiger partial charge is 0.0691 e. The molecule has 0 aromatic carbocycles. The third-order valence-electron chi connectivity index (χ3n) is 3.22. The van der Waals surface area contributed by atoms with Gasteiger partial charge in [0.1, 0.15) is 0 Å². The lowest BCUT2D eigenvalue weighted by molar-refractivity contribution is -0.0290. The summed E-state index contributed by atoms with van der Waals surface area (Å²) in [6, 6.07) is 0.149. The second kappa shape index (κ2) is 5.50. The van der Waals surface area contributed by atoms with Crippen molar-refractivity contribution in [2.45, 2.75) is 50.3 Å². The summed E-state index contributed by atoms with van der Waals surface area (Å²) in [5.74, 6) is 2.79. The van der Waals surface area contributed by atoms with Crippen molar-refractivity contribution in [3.63, 3.8) is 0 Å². The Morgan fingerprint density at radius 2 is 2.33 bits per heavy atom. The lowest BCUT2D eigenvalue weighted by atomic mass is 9.73. The Kier molecular flexibility index (Phi) is 4.59. The summed E-state index contributed by atoms with van der Waals surface area (Å²) in [6.45, 7) is 2.77. The number of nitrogens with two attached hydrogens (primary N) is 1. The normalized spacial score (nSPS) is 31.7. The van der Waals surface area contributed by atoms with E-state index >= 15 is 0 Å². The minimum atomic E-state index is 0.0207.